The minimum absolute atomic E-state index is 0.0228. The zero-order valence-corrected chi connectivity index (χ0v) is 17.2. The van der Waals surface area contributed by atoms with E-state index in [0.717, 1.165) is 17.0 Å². The maximum Gasteiger partial charge on any atom is 0.283 e. The first-order valence-electron chi connectivity index (χ1n) is 9.64. The fourth-order valence-corrected chi connectivity index (χ4v) is 4.38. The minimum Gasteiger partial charge on any atom is -0.294 e. The molecule has 4 aromatic rings. The van der Waals surface area contributed by atoms with Crippen LogP contribution in [0.5, 0.6) is 0 Å². The van der Waals surface area contributed by atoms with Crippen LogP contribution in [0.1, 0.15) is 45.2 Å². The van der Waals surface area contributed by atoms with Gasteiger partial charge >= 0.3 is 0 Å². The Balaban J connectivity index is 1.68. The third kappa shape index (κ3) is 3.02. The molecule has 5 rings (SSSR count). The molecule has 0 fully saturated rings. The minimum atomic E-state index is -0.307. The maximum atomic E-state index is 13.3. The number of H-pyrrole nitrogens is 1. The van der Waals surface area contributed by atoms with E-state index in [-0.39, 0.29) is 23.2 Å². The predicted molar refractivity (Wildman–Crippen MR) is 114 cm³/mol. The molecule has 1 aromatic carbocycles. The van der Waals surface area contributed by atoms with Crippen LogP contribution in [-0.4, -0.2) is 30.5 Å². The fourth-order valence-electron chi connectivity index (χ4n) is 4.18. The second kappa shape index (κ2) is 6.88. The molecule has 0 saturated heterocycles. The molecule has 0 saturated carbocycles. The van der Waals surface area contributed by atoms with Gasteiger partial charge in [-0.2, -0.15) is 4.68 Å². The van der Waals surface area contributed by atoms with E-state index < -0.39 is 0 Å². The summed E-state index contributed by atoms with van der Waals surface area (Å²) in [6, 6.07) is 9.36. The number of hydrogen-bond acceptors (Lipinski definition) is 5. The van der Waals surface area contributed by atoms with Gasteiger partial charge in [0.15, 0.2) is 11.4 Å². The third-order valence-electron chi connectivity index (χ3n) is 5.49. The summed E-state index contributed by atoms with van der Waals surface area (Å²) in [5.74, 6) is 0.192. The first kappa shape index (κ1) is 18.7. The Morgan fingerprint density at radius 2 is 1.87 bits per heavy atom. The highest BCUT2D eigenvalue weighted by Gasteiger charge is 2.30. The number of Topliss-reactive ketones (excluding diaryl/α,β-unsaturated/α-hetero) is 1. The molecule has 0 bridgehead atoms. The summed E-state index contributed by atoms with van der Waals surface area (Å²) in [7, 11) is 0. The van der Waals surface area contributed by atoms with Gasteiger partial charge in [0.1, 0.15) is 0 Å². The quantitative estimate of drug-likeness (QED) is 0.534. The Labute approximate surface area is 176 Å². The van der Waals surface area contributed by atoms with Gasteiger partial charge in [0.2, 0.25) is 0 Å². The van der Waals surface area contributed by atoms with Gasteiger partial charge in [-0.3, -0.25) is 14.7 Å². The molecule has 0 spiro atoms. The highest BCUT2D eigenvalue weighted by Crippen LogP contribution is 2.35. The molecule has 0 radical (unpaired) electrons. The summed E-state index contributed by atoms with van der Waals surface area (Å²) in [6.45, 7) is 3.69. The van der Waals surface area contributed by atoms with E-state index in [9.17, 15) is 9.59 Å². The van der Waals surface area contributed by atoms with Gasteiger partial charge in [-0.25, -0.2) is 15.0 Å². The lowest BCUT2D eigenvalue weighted by molar-refractivity contribution is 0.0964. The van der Waals surface area contributed by atoms with Gasteiger partial charge < -0.3 is 0 Å². The van der Waals surface area contributed by atoms with Gasteiger partial charge in [0.05, 0.1) is 5.39 Å². The van der Waals surface area contributed by atoms with Gasteiger partial charge in [-0.05, 0) is 55.5 Å². The predicted octanol–water partition coefficient (Wildman–Crippen LogP) is 3.69. The molecular formula is C22H18ClN5O2. The molecular weight excluding hydrogens is 402 g/mol. The van der Waals surface area contributed by atoms with Crippen LogP contribution in [0.15, 0.2) is 41.3 Å². The van der Waals surface area contributed by atoms with Crippen LogP contribution in [0.3, 0.4) is 0 Å². The summed E-state index contributed by atoms with van der Waals surface area (Å²) >= 11 is 6.15. The number of aromatic nitrogens is 5. The Kier molecular flexibility index (Phi) is 4.29. The van der Waals surface area contributed by atoms with Crippen LogP contribution in [0.2, 0.25) is 5.02 Å². The number of carbonyl (C=O) groups excluding carboxylic acids is 1. The van der Waals surface area contributed by atoms with E-state index in [0.29, 0.717) is 40.0 Å². The first-order chi connectivity index (χ1) is 14.4. The Morgan fingerprint density at radius 3 is 2.60 bits per heavy atom. The standard InChI is InChI=1S/C22H18ClN5O2/c1-11-6-12(2)26-22(25-11)28-21(30)19-16-8-14(13-4-3-5-15(23)7-13)9-18(29)17(16)10-24-20(19)27-28/h3-7,10,14H,8-9H2,1-2H3,(H,24,27)/t14-/m1/s1. The van der Waals surface area contributed by atoms with E-state index in [2.05, 4.69) is 20.1 Å². The number of ketones is 1. The summed E-state index contributed by atoms with van der Waals surface area (Å²) in [4.78, 5) is 39.2. The summed E-state index contributed by atoms with van der Waals surface area (Å²) in [5, 5.41) is 4.04. The molecule has 1 aliphatic carbocycles. The first-order valence-corrected chi connectivity index (χ1v) is 10.0. The second-order valence-electron chi connectivity index (χ2n) is 7.66. The number of rotatable bonds is 2. The number of benzene rings is 1. The number of carbonyl (C=O) groups is 1. The Morgan fingerprint density at radius 1 is 1.10 bits per heavy atom. The smallest absolute Gasteiger partial charge is 0.283 e. The van der Waals surface area contributed by atoms with Crippen LogP contribution in [0, 0.1) is 13.8 Å². The molecule has 7 nitrogen and oxygen atoms in total. The molecule has 3 aromatic heterocycles. The highest BCUT2D eigenvalue weighted by molar-refractivity contribution is 6.30. The third-order valence-corrected chi connectivity index (χ3v) is 5.73. The van der Waals surface area contributed by atoms with Crippen molar-refractivity contribution >= 4 is 28.4 Å². The molecule has 1 N–H and O–H groups in total. The molecule has 0 amide bonds. The summed E-state index contributed by atoms with van der Waals surface area (Å²) in [5.41, 5.74) is 3.83. The monoisotopic (exact) mass is 419 g/mol. The van der Waals surface area contributed by atoms with Crippen molar-refractivity contribution in [2.45, 2.75) is 32.6 Å². The van der Waals surface area contributed by atoms with Gasteiger partial charge in [0.25, 0.3) is 11.5 Å². The number of nitrogens with one attached hydrogen (secondary N) is 1. The SMILES string of the molecule is Cc1cc(C)nc(-n2[nH]c3ncc4c(c3c2=O)C[C@@H](c2cccc(Cl)c2)CC4=O)n1. The van der Waals surface area contributed by atoms with Crippen molar-refractivity contribution in [1.29, 1.82) is 0 Å². The number of nitrogens with zero attached hydrogens (tertiary/aromatic N) is 4. The average molecular weight is 420 g/mol. The van der Waals surface area contributed by atoms with Crippen LogP contribution in [-0.2, 0) is 6.42 Å². The van der Waals surface area contributed by atoms with Gasteiger partial charge in [0, 0.05) is 34.6 Å². The zero-order chi connectivity index (χ0) is 21.0. The number of fused-ring (bicyclic) bond motifs is 3. The molecule has 1 aliphatic rings. The Hall–Kier alpha value is -3.32. The van der Waals surface area contributed by atoms with E-state index >= 15 is 0 Å². The van der Waals surface area contributed by atoms with E-state index in [1.54, 1.807) is 12.3 Å². The average Bonchev–Trinajstić information content (AvgIpc) is 3.04. The lowest BCUT2D eigenvalue weighted by Gasteiger charge is -2.24. The van der Waals surface area contributed by atoms with Crippen molar-refractivity contribution in [3.63, 3.8) is 0 Å². The van der Waals surface area contributed by atoms with Crippen molar-refractivity contribution in [3.8, 4) is 5.95 Å². The summed E-state index contributed by atoms with van der Waals surface area (Å²) in [6.07, 6.45) is 2.47. The van der Waals surface area contributed by atoms with Crippen molar-refractivity contribution in [2.75, 3.05) is 0 Å². The number of aromatic amines is 1. The van der Waals surface area contributed by atoms with E-state index in [1.807, 2.05) is 38.1 Å². The largest absolute Gasteiger partial charge is 0.294 e. The van der Waals surface area contributed by atoms with Crippen LogP contribution in [0.25, 0.3) is 17.0 Å². The number of pyridine rings is 1. The normalized spacial score (nSPS) is 16.1. The van der Waals surface area contributed by atoms with Crippen LogP contribution < -0.4 is 5.56 Å². The lowest BCUT2D eigenvalue weighted by Crippen LogP contribution is -2.22. The Bertz CT molecular complexity index is 1370. The van der Waals surface area contributed by atoms with Crippen LogP contribution >= 0.6 is 11.6 Å². The van der Waals surface area contributed by atoms with Crippen molar-refractivity contribution in [2.24, 2.45) is 0 Å². The molecule has 150 valence electrons. The van der Waals surface area contributed by atoms with Gasteiger partial charge in [-0.15, -0.1) is 0 Å². The van der Waals surface area contributed by atoms with Crippen molar-refractivity contribution < 1.29 is 4.79 Å². The lowest BCUT2D eigenvalue weighted by atomic mass is 9.79. The van der Waals surface area contributed by atoms with E-state index in [1.165, 1.54) is 4.68 Å². The highest BCUT2D eigenvalue weighted by atomic mass is 35.5. The van der Waals surface area contributed by atoms with Crippen molar-refractivity contribution in [1.82, 2.24) is 24.7 Å². The number of hydrogen-bond donors (Lipinski definition) is 1. The molecule has 0 unspecified atom stereocenters. The topological polar surface area (TPSA) is 93.5 Å². The summed E-state index contributed by atoms with van der Waals surface area (Å²) < 4.78 is 1.30. The van der Waals surface area contributed by atoms with E-state index in [4.69, 9.17) is 11.6 Å². The molecule has 1 atom stereocenters. The number of aryl methyl sites for hydroxylation is 2. The second-order valence-corrected chi connectivity index (χ2v) is 8.10. The van der Waals surface area contributed by atoms with Gasteiger partial charge in [-0.1, -0.05) is 23.7 Å². The zero-order valence-electron chi connectivity index (χ0n) is 16.4. The molecule has 0 aliphatic heterocycles. The van der Waals surface area contributed by atoms with Crippen molar-refractivity contribution in [3.05, 3.63) is 80.0 Å². The van der Waals surface area contributed by atoms with Crippen LogP contribution in [0.4, 0.5) is 0 Å². The fraction of sp³-hybridized carbons (Fsp3) is 0.227. The molecule has 30 heavy (non-hydrogen) atoms. The molecule has 3 heterocycles. The maximum absolute atomic E-state index is 13.3. The molecule has 8 heteroatoms. The number of halogens is 1.